The molecule has 6 heteroatoms. The molecule has 0 atom stereocenters. The summed E-state index contributed by atoms with van der Waals surface area (Å²) >= 11 is 1.12. The second-order valence-corrected chi connectivity index (χ2v) is 5.77. The highest BCUT2D eigenvalue weighted by Gasteiger charge is 2.18. The molecule has 1 amide bonds. The summed E-state index contributed by atoms with van der Waals surface area (Å²) in [6.45, 7) is 0.560. The molecule has 3 aromatic rings. The number of rotatable bonds is 5. The van der Waals surface area contributed by atoms with Crippen LogP contribution in [-0.2, 0) is 6.42 Å². The fourth-order valence-corrected chi connectivity index (χ4v) is 2.96. The van der Waals surface area contributed by atoms with Gasteiger partial charge in [0.25, 0.3) is 5.91 Å². The number of nitrogens with two attached hydrogens (primary N) is 1. The Morgan fingerprint density at radius 1 is 1.13 bits per heavy atom. The molecule has 1 aromatic carbocycles. The zero-order valence-electron chi connectivity index (χ0n) is 12.4. The summed E-state index contributed by atoms with van der Waals surface area (Å²) < 4.78 is 4.30. The molecular formula is C17H16N4OS. The van der Waals surface area contributed by atoms with E-state index in [-0.39, 0.29) is 5.91 Å². The van der Waals surface area contributed by atoms with Gasteiger partial charge in [0.1, 0.15) is 10.6 Å². The lowest BCUT2D eigenvalue weighted by Crippen LogP contribution is -2.25. The molecule has 0 aliphatic rings. The lowest BCUT2D eigenvalue weighted by Gasteiger charge is -2.04. The van der Waals surface area contributed by atoms with Crippen LogP contribution in [0.2, 0.25) is 0 Å². The number of hydrogen-bond donors (Lipinski definition) is 2. The molecule has 3 rings (SSSR count). The predicted molar refractivity (Wildman–Crippen MR) is 92.2 cm³/mol. The molecule has 116 valence electrons. The van der Waals surface area contributed by atoms with Crippen LogP contribution in [0, 0.1) is 0 Å². The standard InChI is InChI=1S/C17H16N4OS/c18-14-15(13-7-9-19-10-8-13)21-23-16(14)17(22)20-11-6-12-4-2-1-3-5-12/h1-5,7-10H,6,11,18H2,(H,20,22). The number of nitrogen functional groups attached to an aromatic ring is 1. The summed E-state index contributed by atoms with van der Waals surface area (Å²) in [5, 5.41) is 2.89. The molecule has 2 heterocycles. The second kappa shape index (κ2) is 7.02. The third-order valence-corrected chi connectivity index (χ3v) is 4.29. The minimum atomic E-state index is -0.184. The summed E-state index contributed by atoms with van der Waals surface area (Å²) in [5.74, 6) is -0.184. The van der Waals surface area contributed by atoms with Crippen molar-refractivity contribution in [2.24, 2.45) is 0 Å². The van der Waals surface area contributed by atoms with Crippen molar-refractivity contribution in [2.75, 3.05) is 12.3 Å². The van der Waals surface area contributed by atoms with Gasteiger partial charge < -0.3 is 11.1 Å². The maximum Gasteiger partial charge on any atom is 0.265 e. The Morgan fingerprint density at radius 3 is 2.61 bits per heavy atom. The third kappa shape index (κ3) is 3.54. The van der Waals surface area contributed by atoms with Crippen LogP contribution in [0.5, 0.6) is 0 Å². The van der Waals surface area contributed by atoms with Crippen molar-refractivity contribution >= 4 is 23.1 Å². The monoisotopic (exact) mass is 324 g/mol. The lowest BCUT2D eigenvalue weighted by molar-refractivity contribution is 0.0959. The number of hydrogen-bond acceptors (Lipinski definition) is 5. The minimum Gasteiger partial charge on any atom is -0.396 e. The van der Waals surface area contributed by atoms with Crippen molar-refractivity contribution in [1.29, 1.82) is 0 Å². The van der Waals surface area contributed by atoms with E-state index in [2.05, 4.69) is 14.7 Å². The highest BCUT2D eigenvalue weighted by atomic mass is 32.1. The average Bonchev–Trinajstić information content (AvgIpc) is 2.98. The van der Waals surface area contributed by atoms with Crippen molar-refractivity contribution in [3.8, 4) is 11.3 Å². The summed E-state index contributed by atoms with van der Waals surface area (Å²) in [6, 6.07) is 13.7. The van der Waals surface area contributed by atoms with Gasteiger partial charge in [0.2, 0.25) is 0 Å². The topological polar surface area (TPSA) is 80.9 Å². The zero-order valence-corrected chi connectivity index (χ0v) is 13.2. The lowest BCUT2D eigenvalue weighted by atomic mass is 10.1. The molecule has 5 nitrogen and oxygen atoms in total. The smallest absolute Gasteiger partial charge is 0.265 e. The second-order valence-electron chi connectivity index (χ2n) is 5.00. The molecular weight excluding hydrogens is 308 g/mol. The van der Waals surface area contributed by atoms with Crippen molar-refractivity contribution in [1.82, 2.24) is 14.7 Å². The summed E-state index contributed by atoms with van der Waals surface area (Å²) in [4.78, 5) is 16.7. The van der Waals surface area contributed by atoms with Crippen LogP contribution < -0.4 is 11.1 Å². The highest BCUT2D eigenvalue weighted by Crippen LogP contribution is 2.30. The van der Waals surface area contributed by atoms with E-state index < -0.39 is 0 Å². The van der Waals surface area contributed by atoms with Gasteiger partial charge >= 0.3 is 0 Å². The van der Waals surface area contributed by atoms with Gasteiger partial charge in [-0.2, -0.15) is 4.37 Å². The number of nitrogens with one attached hydrogen (secondary N) is 1. The largest absolute Gasteiger partial charge is 0.396 e. The Balaban J connectivity index is 1.65. The molecule has 0 fully saturated rings. The van der Waals surface area contributed by atoms with Gasteiger partial charge in [0, 0.05) is 24.5 Å². The van der Waals surface area contributed by atoms with E-state index in [1.165, 1.54) is 5.56 Å². The molecule has 0 bridgehead atoms. The van der Waals surface area contributed by atoms with Crippen LogP contribution in [0.15, 0.2) is 54.9 Å². The molecule has 0 unspecified atom stereocenters. The minimum absolute atomic E-state index is 0.184. The number of nitrogens with zero attached hydrogens (tertiary/aromatic N) is 2. The molecule has 0 aliphatic heterocycles. The predicted octanol–water partition coefficient (Wildman–Crippen LogP) is 2.76. The van der Waals surface area contributed by atoms with Crippen LogP contribution in [0.4, 0.5) is 5.69 Å². The average molecular weight is 324 g/mol. The van der Waals surface area contributed by atoms with Crippen molar-refractivity contribution in [3.63, 3.8) is 0 Å². The maximum absolute atomic E-state index is 12.3. The van der Waals surface area contributed by atoms with E-state index in [4.69, 9.17) is 5.73 Å². The summed E-state index contributed by atoms with van der Waals surface area (Å²) in [6.07, 6.45) is 4.13. The number of carbonyl (C=O) groups excluding carboxylic acids is 1. The Morgan fingerprint density at radius 2 is 1.87 bits per heavy atom. The Labute approximate surface area is 138 Å². The van der Waals surface area contributed by atoms with E-state index in [9.17, 15) is 4.79 Å². The first-order valence-electron chi connectivity index (χ1n) is 7.23. The first kappa shape index (κ1) is 15.2. The zero-order chi connectivity index (χ0) is 16.1. The van der Waals surface area contributed by atoms with Gasteiger partial charge in [0.05, 0.1) is 5.69 Å². The Bertz CT molecular complexity index is 787. The van der Waals surface area contributed by atoms with Crippen LogP contribution in [-0.4, -0.2) is 21.8 Å². The fourth-order valence-electron chi connectivity index (χ4n) is 2.22. The molecule has 0 saturated heterocycles. The molecule has 0 saturated carbocycles. The Kier molecular flexibility index (Phi) is 4.63. The molecule has 2 aromatic heterocycles. The van der Waals surface area contributed by atoms with Crippen LogP contribution in [0.1, 0.15) is 15.2 Å². The van der Waals surface area contributed by atoms with E-state index in [0.717, 1.165) is 23.5 Å². The molecule has 0 spiro atoms. The Hall–Kier alpha value is -2.73. The molecule has 0 aliphatic carbocycles. The van der Waals surface area contributed by atoms with E-state index in [1.807, 2.05) is 42.5 Å². The number of benzene rings is 1. The van der Waals surface area contributed by atoms with Gasteiger partial charge in [-0.25, -0.2) is 0 Å². The SMILES string of the molecule is Nc1c(-c2ccncc2)nsc1C(=O)NCCc1ccccc1. The number of anilines is 1. The van der Waals surface area contributed by atoms with Crippen LogP contribution >= 0.6 is 11.5 Å². The first-order valence-corrected chi connectivity index (χ1v) is 8.00. The number of aromatic nitrogens is 2. The molecule has 3 N–H and O–H groups in total. The molecule has 0 radical (unpaired) electrons. The fraction of sp³-hybridized carbons (Fsp3) is 0.118. The maximum atomic E-state index is 12.3. The quantitative estimate of drug-likeness (QED) is 0.756. The number of pyridine rings is 1. The number of carbonyl (C=O) groups is 1. The van der Waals surface area contributed by atoms with Gasteiger partial charge in [-0.05, 0) is 35.6 Å². The van der Waals surface area contributed by atoms with E-state index in [1.54, 1.807) is 12.4 Å². The van der Waals surface area contributed by atoms with Crippen molar-refractivity contribution in [2.45, 2.75) is 6.42 Å². The normalized spacial score (nSPS) is 10.4. The van der Waals surface area contributed by atoms with E-state index in [0.29, 0.717) is 22.8 Å². The van der Waals surface area contributed by atoms with Gasteiger partial charge in [0.15, 0.2) is 0 Å². The highest BCUT2D eigenvalue weighted by molar-refractivity contribution is 7.09. The van der Waals surface area contributed by atoms with Crippen molar-refractivity contribution in [3.05, 3.63) is 65.3 Å². The molecule has 23 heavy (non-hydrogen) atoms. The van der Waals surface area contributed by atoms with Gasteiger partial charge in [-0.3, -0.25) is 9.78 Å². The first-order chi connectivity index (χ1) is 11.3. The van der Waals surface area contributed by atoms with E-state index >= 15 is 0 Å². The summed E-state index contributed by atoms with van der Waals surface area (Å²) in [7, 11) is 0. The van der Waals surface area contributed by atoms with Crippen molar-refractivity contribution < 1.29 is 4.79 Å². The number of amides is 1. The van der Waals surface area contributed by atoms with Crippen LogP contribution in [0.25, 0.3) is 11.3 Å². The van der Waals surface area contributed by atoms with Crippen LogP contribution in [0.3, 0.4) is 0 Å². The summed E-state index contributed by atoms with van der Waals surface area (Å²) in [5.41, 5.74) is 9.17. The van der Waals surface area contributed by atoms with Gasteiger partial charge in [-0.1, -0.05) is 30.3 Å². The third-order valence-electron chi connectivity index (χ3n) is 3.43. The van der Waals surface area contributed by atoms with Gasteiger partial charge in [-0.15, -0.1) is 0 Å².